The average molecular weight is 354 g/mol. The van der Waals surface area contributed by atoms with E-state index in [1.807, 2.05) is 12.4 Å². The standard InChI is InChI=1S/C21H27N3S/c1-2-17-5-7-18(8-6-17)25-20-16-22-19(15-23-20)24-13-11-21(12-14-24)9-3-4-10-21/h5-8,15-16H,2-4,9-14H2,1H3. The van der Waals surface area contributed by atoms with Gasteiger partial charge in [-0.05, 0) is 55.2 Å². The summed E-state index contributed by atoms with van der Waals surface area (Å²) in [4.78, 5) is 13.0. The maximum atomic E-state index is 4.69. The number of benzene rings is 1. The highest BCUT2D eigenvalue weighted by Gasteiger charge is 2.37. The molecule has 0 unspecified atom stereocenters. The Labute approximate surface area is 155 Å². The van der Waals surface area contributed by atoms with Gasteiger partial charge in [-0.2, -0.15) is 0 Å². The van der Waals surface area contributed by atoms with Gasteiger partial charge in [0, 0.05) is 18.0 Å². The topological polar surface area (TPSA) is 29.0 Å². The molecule has 1 aromatic heterocycles. The Hall–Kier alpha value is -1.55. The molecule has 1 spiro atoms. The summed E-state index contributed by atoms with van der Waals surface area (Å²) < 4.78 is 0. The van der Waals surface area contributed by atoms with Crippen molar-refractivity contribution in [3.05, 3.63) is 42.2 Å². The van der Waals surface area contributed by atoms with E-state index in [9.17, 15) is 0 Å². The predicted octanol–water partition coefficient (Wildman–Crippen LogP) is 5.35. The van der Waals surface area contributed by atoms with Gasteiger partial charge in [0.2, 0.25) is 0 Å². The minimum Gasteiger partial charge on any atom is -0.355 e. The lowest BCUT2D eigenvalue weighted by molar-refractivity contribution is 0.226. The van der Waals surface area contributed by atoms with Gasteiger partial charge in [-0.1, -0.05) is 43.7 Å². The summed E-state index contributed by atoms with van der Waals surface area (Å²) in [5.41, 5.74) is 2.03. The number of aromatic nitrogens is 2. The van der Waals surface area contributed by atoms with E-state index in [0.29, 0.717) is 5.41 Å². The van der Waals surface area contributed by atoms with Gasteiger partial charge in [0.1, 0.15) is 10.8 Å². The van der Waals surface area contributed by atoms with E-state index < -0.39 is 0 Å². The van der Waals surface area contributed by atoms with Crippen LogP contribution in [0, 0.1) is 5.41 Å². The zero-order valence-corrected chi connectivity index (χ0v) is 15.9. The Morgan fingerprint density at radius 1 is 0.960 bits per heavy atom. The Morgan fingerprint density at radius 2 is 1.68 bits per heavy atom. The number of nitrogens with zero attached hydrogens (tertiary/aromatic N) is 3. The second kappa shape index (κ2) is 7.36. The minimum absolute atomic E-state index is 0.657. The molecule has 4 rings (SSSR count). The maximum absolute atomic E-state index is 4.69. The van der Waals surface area contributed by atoms with Crippen LogP contribution in [0.1, 0.15) is 51.0 Å². The molecule has 0 amide bonds. The highest BCUT2D eigenvalue weighted by atomic mass is 32.2. The number of hydrogen-bond donors (Lipinski definition) is 0. The van der Waals surface area contributed by atoms with E-state index in [4.69, 9.17) is 0 Å². The van der Waals surface area contributed by atoms with E-state index in [2.05, 4.69) is 46.1 Å². The molecule has 25 heavy (non-hydrogen) atoms. The normalized spacial score (nSPS) is 19.5. The Morgan fingerprint density at radius 3 is 2.28 bits per heavy atom. The smallest absolute Gasteiger partial charge is 0.147 e. The lowest BCUT2D eigenvalue weighted by Gasteiger charge is -2.39. The van der Waals surface area contributed by atoms with Crippen LogP contribution in [0.5, 0.6) is 0 Å². The van der Waals surface area contributed by atoms with Crippen molar-refractivity contribution in [3.63, 3.8) is 0 Å². The molecular formula is C21H27N3S. The summed E-state index contributed by atoms with van der Waals surface area (Å²) >= 11 is 1.69. The lowest BCUT2D eigenvalue weighted by atomic mass is 9.77. The van der Waals surface area contributed by atoms with Gasteiger partial charge in [-0.3, -0.25) is 0 Å². The highest BCUT2D eigenvalue weighted by Crippen LogP contribution is 2.46. The monoisotopic (exact) mass is 353 g/mol. The quantitative estimate of drug-likeness (QED) is 0.741. The van der Waals surface area contributed by atoms with Crippen molar-refractivity contribution in [1.82, 2.24) is 9.97 Å². The summed E-state index contributed by atoms with van der Waals surface area (Å²) in [5.74, 6) is 1.04. The molecule has 0 radical (unpaired) electrons. The zero-order valence-electron chi connectivity index (χ0n) is 15.1. The molecule has 4 heteroatoms. The van der Waals surface area contributed by atoms with Crippen LogP contribution in [0.25, 0.3) is 0 Å². The van der Waals surface area contributed by atoms with Crippen LogP contribution in [0.4, 0.5) is 5.82 Å². The number of anilines is 1. The highest BCUT2D eigenvalue weighted by molar-refractivity contribution is 7.99. The second-order valence-electron chi connectivity index (χ2n) is 7.51. The molecule has 1 aliphatic carbocycles. The SMILES string of the molecule is CCc1ccc(Sc2cnc(N3CCC4(CCCC4)CC3)cn2)cc1. The van der Waals surface area contributed by atoms with Crippen LogP contribution in [-0.2, 0) is 6.42 Å². The summed E-state index contributed by atoms with van der Waals surface area (Å²) in [7, 11) is 0. The van der Waals surface area contributed by atoms with Gasteiger partial charge >= 0.3 is 0 Å². The third kappa shape index (κ3) is 3.84. The number of hydrogen-bond acceptors (Lipinski definition) is 4. The van der Waals surface area contributed by atoms with E-state index in [1.54, 1.807) is 11.8 Å². The second-order valence-corrected chi connectivity index (χ2v) is 8.60. The summed E-state index contributed by atoms with van der Waals surface area (Å²) in [6, 6.07) is 8.73. The molecule has 0 N–H and O–H groups in total. The van der Waals surface area contributed by atoms with Gasteiger partial charge in [-0.15, -0.1) is 0 Å². The largest absolute Gasteiger partial charge is 0.355 e. The lowest BCUT2D eigenvalue weighted by Crippen LogP contribution is -2.39. The van der Waals surface area contributed by atoms with Gasteiger partial charge in [0.05, 0.1) is 12.4 Å². The zero-order chi connectivity index (χ0) is 17.1. The summed E-state index contributed by atoms with van der Waals surface area (Å²) in [6.45, 7) is 4.46. The van der Waals surface area contributed by atoms with Crippen LogP contribution < -0.4 is 4.90 Å². The fourth-order valence-corrected chi connectivity index (χ4v) is 5.00. The van der Waals surface area contributed by atoms with Crippen LogP contribution >= 0.6 is 11.8 Å². The third-order valence-corrected chi connectivity index (χ3v) is 6.91. The third-order valence-electron chi connectivity index (χ3n) is 5.98. The molecule has 1 aliphatic heterocycles. The Bertz CT molecular complexity index is 680. The van der Waals surface area contributed by atoms with E-state index in [1.165, 1.54) is 49.0 Å². The Balaban J connectivity index is 1.36. The van der Waals surface area contributed by atoms with Crippen molar-refractivity contribution in [1.29, 1.82) is 0 Å². The van der Waals surface area contributed by atoms with Gasteiger partial charge in [0.25, 0.3) is 0 Å². The van der Waals surface area contributed by atoms with Crippen molar-refractivity contribution >= 4 is 17.6 Å². The maximum Gasteiger partial charge on any atom is 0.147 e. The van der Waals surface area contributed by atoms with E-state index in [-0.39, 0.29) is 0 Å². The molecule has 132 valence electrons. The van der Waals surface area contributed by atoms with Crippen LogP contribution in [0.3, 0.4) is 0 Å². The summed E-state index contributed by atoms with van der Waals surface area (Å²) in [5, 5.41) is 0.970. The molecule has 0 bridgehead atoms. The molecular weight excluding hydrogens is 326 g/mol. The molecule has 2 fully saturated rings. The first-order chi connectivity index (χ1) is 12.3. The molecule has 3 nitrogen and oxygen atoms in total. The van der Waals surface area contributed by atoms with Gasteiger partial charge in [0.15, 0.2) is 0 Å². The molecule has 2 heterocycles. The van der Waals surface area contributed by atoms with Gasteiger partial charge < -0.3 is 4.90 Å². The van der Waals surface area contributed by atoms with Crippen molar-refractivity contribution in [2.75, 3.05) is 18.0 Å². The first-order valence-electron chi connectivity index (χ1n) is 9.60. The van der Waals surface area contributed by atoms with Gasteiger partial charge in [-0.25, -0.2) is 9.97 Å². The number of rotatable bonds is 4. The average Bonchev–Trinajstić information content (AvgIpc) is 3.12. The van der Waals surface area contributed by atoms with Crippen molar-refractivity contribution in [3.8, 4) is 0 Å². The van der Waals surface area contributed by atoms with E-state index >= 15 is 0 Å². The molecule has 2 aliphatic rings. The number of aryl methyl sites for hydroxylation is 1. The predicted molar refractivity (Wildman–Crippen MR) is 104 cm³/mol. The molecule has 1 aromatic carbocycles. The van der Waals surface area contributed by atoms with Crippen LogP contribution in [0.15, 0.2) is 46.6 Å². The fourth-order valence-electron chi connectivity index (χ4n) is 4.27. The first kappa shape index (κ1) is 16.9. The summed E-state index contributed by atoms with van der Waals surface area (Å²) in [6.07, 6.45) is 13.4. The van der Waals surface area contributed by atoms with Crippen molar-refractivity contribution in [2.45, 2.75) is 61.8 Å². The fraction of sp³-hybridized carbons (Fsp3) is 0.524. The van der Waals surface area contributed by atoms with E-state index in [0.717, 1.165) is 30.4 Å². The molecule has 0 atom stereocenters. The minimum atomic E-state index is 0.657. The number of piperidine rings is 1. The molecule has 1 saturated carbocycles. The van der Waals surface area contributed by atoms with Crippen LogP contribution in [0.2, 0.25) is 0 Å². The molecule has 2 aromatic rings. The first-order valence-corrected chi connectivity index (χ1v) is 10.4. The molecule has 1 saturated heterocycles. The van der Waals surface area contributed by atoms with Crippen molar-refractivity contribution in [2.24, 2.45) is 5.41 Å². The van der Waals surface area contributed by atoms with Crippen molar-refractivity contribution < 1.29 is 0 Å². The Kier molecular flexibility index (Phi) is 4.98. The van der Waals surface area contributed by atoms with Crippen LogP contribution in [-0.4, -0.2) is 23.1 Å².